The summed E-state index contributed by atoms with van der Waals surface area (Å²) >= 11 is 0. The maximum absolute atomic E-state index is 11.9. The SMILES string of the molecule is CCOP(OC)OC/C=N/NS(=O)(=O)c1ccc(C)cc1. The van der Waals surface area contributed by atoms with Crippen LogP contribution in [0.25, 0.3) is 0 Å². The number of hydrazone groups is 1. The topological polar surface area (TPSA) is 86.2 Å². The molecule has 0 aliphatic heterocycles. The number of sulfonamides is 1. The van der Waals surface area contributed by atoms with Gasteiger partial charge in [-0.3, -0.25) is 0 Å². The fraction of sp³-hybridized carbons (Fsp3) is 0.417. The first-order valence-corrected chi connectivity index (χ1v) is 8.77. The highest BCUT2D eigenvalue weighted by Crippen LogP contribution is 2.37. The van der Waals surface area contributed by atoms with Gasteiger partial charge in [-0.15, -0.1) is 0 Å². The number of benzene rings is 1. The third kappa shape index (κ3) is 6.50. The lowest BCUT2D eigenvalue weighted by molar-refractivity contribution is 0.205. The van der Waals surface area contributed by atoms with E-state index in [0.29, 0.717) is 6.61 Å². The van der Waals surface area contributed by atoms with Crippen LogP contribution < -0.4 is 4.83 Å². The molecule has 9 heteroatoms. The van der Waals surface area contributed by atoms with Crippen LogP contribution in [0.2, 0.25) is 0 Å². The van der Waals surface area contributed by atoms with Gasteiger partial charge in [0.05, 0.1) is 24.3 Å². The number of rotatable bonds is 9. The fourth-order valence-electron chi connectivity index (χ4n) is 1.26. The molecule has 1 rings (SSSR count). The van der Waals surface area contributed by atoms with Gasteiger partial charge in [0.2, 0.25) is 0 Å². The van der Waals surface area contributed by atoms with Gasteiger partial charge in [0.25, 0.3) is 10.0 Å². The summed E-state index contributed by atoms with van der Waals surface area (Å²) in [4.78, 5) is 2.26. The molecule has 0 aliphatic rings. The van der Waals surface area contributed by atoms with Gasteiger partial charge in [0, 0.05) is 7.11 Å². The number of nitrogens with one attached hydrogen (secondary N) is 1. The maximum atomic E-state index is 11.9. The molecule has 118 valence electrons. The van der Waals surface area contributed by atoms with Crippen molar-refractivity contribution in [1.82, 2.24) is 4.83 Å². The Morgan fingerprint density at radius 1 is 1.29 bits per heavy atom. The molecular weight excluding hydrogens is 315 g/mol. The summed E-state index contributed by atoms with van der Waals surface area (Å²) in [5.74, 6) is 0. The van der Waals surface area contributed by atoms with E-state index in [2.05, 4.69) is 9.93 Å². The molecule has 0 amide bonds. The molecule has 0 aliphatic carbocycles. The van der Waals surface area contributed by atoms with Crippen molar-refractivity contribution in [2.75, 3.05) is 20.3 Å². The molecule has 1 unspecified atom stereocenters. The van der Waals surface area contributed by atoms with Crippen molar-refractivity contribution in [1.29, 1.82) is 0 Å². The molecule has 7 nitrogen and oxygen atoms in total. The Bertz CT molecular complexity index is 547. The van der Waals surface area contributed by atoms with Crippen LogP contribution >= 0.6 is 8.60 Å². The lowest BCUT2D eigenvalue weighted by Crippen LogP contribution is -2.18. The molecule has 1 aromatic carbocycles. The number of aryl methyl sites for hydroxylation is 1. The van der Waals surface area contributed by atoms with Gasteiger partial charge >= 0.3 is 8.60 Å². The average Bonchev–Trinajstić information content (AvgIpc) is 2.46. The van der Waals surface area contributed by atoms with Crippen LogP contribution in [-0.2, 0) is 23.6 Å². The first-order valence-electron chi connectivity index (χ1n) is 6.19. The van der Waals surface area contributed by atoms with Crippen molar-refractivity contribution in [3.05, 3.63) is 29.8 Å². The molecule has 0 fully saturated rings. The lowest BCUT2D eigenvalue weighted by Gasteiger charge is -2.11. The van der Waals surface area contributed by atoms with Crippen molar-refractivity contribution >= 4 is 24.8 Å². The van der Waals surface area contributed by atoms with Crippen molar-refractivity contribution in [2.24, 2.45) is 5.10 Å². The Hall–Kier alpha value is -1.05. The Labute approximate surface area is 126 Å². The summed E-state index contributed by atoms with van der Waals surface area (Å²) < 4.78 is 39.1. The molecule has 21 heavy (non-hydrogen) atoms. The quantitative estimate of drug-likeness (QED) is 0.425. The highest BCUT2D eigenvalue weighted by Gasteiger charge is 2.12. The van der Waals surface area contributed by atoms with Crippen LogP contribution in [-0.4, -0.2) is 35.0 Å². The Kier molecular flexibility index (Phi) is 7.77. The normalized spacial score (nSPS) is 13.5. The van der Waals surface area contributed by atoms with Gasteiger partial charge in [0.1, 0.15) is 0 Å². The number of nitrogens with zero attached hydrogens (tertiary/aromatic N) is 1. The first kappa shape index (κ1) is 18.0. The largest absolute Gasteiger partial charge is 0.332 e. The summed E-state index contributed by atoms with van der Waals surface area (Å²) in [7, 11) is -3.60. The van der Waals surface area contributed by atoms with Crippen LogP contribution in [0.3, 0.4) is 0 Å². The molecule has 0 saturated heterocycles. The molecule has 0 saturated carbocycles. The van der Waals surface area contributed by atoms with Crippen LogP contribution in [0.1, 0.15) is 12.5 Å². The Morgan fingerprint density at radius 2 is 1.95 bits per heavy atom. The van der Waals surface area contributed by atoms with Gasteiger partial charge in [-0.05, 0) is 26.0 Å². The molecule has 0 aromatic heterocycles. The molecule has 0 radical (unpaired) electrons. The summed E-state index contributed by atoms with van der Waals surface area (Å²) in [6.45, 7) is 4.25. The van der Waals surface area contributed by atoms with Crippen molar-refractivity contribution in [2.45, 2.75) is 18.7 Å². The van der Waals surface area contributed by atoms with Gasteiger partial charge in [0.15, 0.2) is 0 Å². The van der Waals surface area contributed by atoms with E-state index in [0.717, 1.165) is 5.56 Å². The summed E-state index contributed by atoms with van der Waals surface area (Å²) in [5, 5.41) is 3.62. The maximum Gasteiger partial charge on any atom is 0.332 e. The van der Waals surface area contributed by atoms with E-state index in [9.17, 15) is 8.42 Å². The zero-order valence-electron chi connectivity index (χ0n) is 12.1. The fourth-order valence-corrected chi connectivity index (χ4v) is 2.75. The summed E-state index contributed by atoms with van der Waals surface area (Å²) in [5.41, 5.74) is 0.981. The predicted molar refractivity (Wildman–Crippen MR) is 81.5 cm³/mol. The standard InChI is InChI=1S/C12H19N2O5PS/c1-4-18-20(17-3)19-10-9-13-14-21(15,16)12-7-5-11(2)6-8-12/h5-9,14H,4,10H2,1-3H3/b13-9+. The zero-order valence-corrected chi connectivity index (χ0v) is 13.9. The van der Waals surface area contributed by atoms with Crippen molar-refractivity contribution in [3.8, 4) is 0 Å². The smallest absolute Gasteiger partial charge is 0.316 e. The van der Waals surface area contributed by atoms with Crippen LogP contribution in [0, 0.1) is 6.92 Å². The highest BCUT2D eigenvalue weighted by molar-refractivity contribution is 7.89. The summed E-state index contributed by atoms with van der Waals surface area (Å²) in [6, 6.07) is 6.47. The number of hydrogen-bond donors (Lipinski definition) is 1. The van der Waals surface area contributed by atoms with Gasteiger partial charge < -0.3 is 13.6 Å². The minimum absolute atomic E-state index is 0.0793. The minimum atomic E-state index is -3.65. The second-order valence-electron chi connectivity index (χ2n) is 3.84. The van der Waals surface area contributed by atoms with E-state index in [1.54, 1.807) is 12.1 Å². The Balaban J connectivity index is 2.46. The molecular formula is C12H19N2O5PS. The minimum Gasteiger partial charge on any atom is -0.316 e. The predicted octanol–water partition coefficient (Wildman–Crippen LogP) is 2.19. The van der Waals surface area contributed by atoms with E-state index in [1.165, 1.54) is 25.5 Å². The number of hydrogen-bond acceptors (Lipinski definition) is 6. The average molecular weight is 334 g/mol. The van der Waals surface area contributed by atoms with E-state index in [4.69, 9.17) is 13.6 Å². The zero-order chi connectivity index (χ0) is 15.7. The first-order chi connectivity index (χ1) is 9.99. The molecule has 0 bridgehead atoms. The van der Waals surface area contributed by atoms with E-state index in [-0.39, 0.29) is 11.5 Å². The second-order valence-corrected chi connectivity index (χ2v) is 6.83. The molecule has 1 aromatic rings. The molecule has 0 spiro atoms. The van der Waals surface area contributed by atoms with Gasteiger partial charge in [-0.25, -0.2) is 4.83 Å². The van der Waals surface area contributed by atoms with Crippen LogP contribution in [0.5, 0.6) is 0 Å². The summed E-state index contributed by atoms with van der Waals surface area (Å²) in [6.07, 6.45) is 1.29. The van der Waals surface area contributed by atoms with Crippen molar-refractivity contribution in [3.63, 3.8) is 0 Å². The van der Waals surface area contributed by atoms with Crippen molar-refractivity contribution < 1.29 is 22.0 Å². The molecule has 1 atom stereocenters. The molecule has 0 heterocycles. The van der Waals surface area contributed by atoms with Gasteiger partial charge in [-0.2, -0.15) is 13.5 Å². The molecule has 1 N–H and O–H groups in total. The second kappa shape index (κ2) is 9.07. The van der Waals surface area contributed by atoms with E-state index in [1.807, 2.05) is 13.8 Å². The van der Waals surface area contributed by atoms with E-state index < -0.39 is 18.6 Å². The highest BCUT2D eigenvalue weighted by atomic mass is 32.2. The Morgan fingerprint density at radius 3 is 2.52 bits per heavy atom. The monoisotopic (exact) mass is 334 g/mol. The van der Waals surface area contributed by atoms with Crippen LogP contribution in [0.4, 0.5) is 0 Å². The van der Waals surface area contributed by atoms with E-state index >= 15 is 0 Å². The van der Waals surface area contributed by atoms with Crippen LogP contribution in [0.15, 0.2) is 34.3 Å². The lowest BCUT2D eigenvalue weighted by atomic mass is 10.2. The van der Waals surface area contributed by atoms with Gasteiger partial charge in [-0.1, -0.05) is 17.7 Å². The third-order valence-electron chi connectivity index (χ3n) is 2.23. The third-order valence-corrected chi connectivity index (χ3v) is 4.60.